The summed E-state index contributed by atoms with van der Waals surface area (Å²) in [5, 5.41) is 3.41. The zero-order valence-corrected chi connectivity index (χ0v) is 13.2. The molecule has 3 rings (SSSR count). The highest BCUT2D eigenvalue weighted by Crippen LogP contribution is 2.31. The lowest BCUT2D eigenvalue weighted by atomic mass is 9.91. The van der Waals surface area contributed by atoms with Crippen molar-refractivity contribution in [2.45, 2.75) is 37.5 Å². The zero-order chi connectivity index (χ0) is 14.7. The van der Waals surface area contributed by atoms with Crippen LogP contribution in [0, 0.1) is 5.92 Å². The van der Waals surface area contributed by atoms with E-state index in [-0.39, 0.29) is 11.8 Å². The monoisotopic (exact) mass is 308 g/mol. The first-order valence-electron chi connectivity index (χ1n) is 7.91. The van der Waals surface area contributed by atoms with E-state index in [1.807, 2.05) is 30.3 Å². The fourth-order valence-electron chi connectivity index (χ4n) is 3.66. The summed E-state index contributed by atoms with van der Waals surface area (Å²) in [5.41, 5.74) is 0.880. The molecule has 2 atom stereocenters. The van der Waals surface area contributed by atoms with Crippen LogP contribution in [0.5, 0.6) is 0 Å². The first-order chi connectivity index (χ1) is 10.2. The summed E-state index contributed by atoms with van der Waals surface area (Å²) in [6.45, 7) is 2.72. The molecule has 1 N–H and O–H groups in total. The lowest BCUT2D eigenvalue weighted by Crippen LogP contribution is -2.45. The highest BCUT2D eigenvalue weighted by atomic mass is 32.2. The molecule has 5 heteroatoms. The molecule has 0 aromatic heterocycles. The van der Waals surface area contributed by atoms with E-state index < -0.39 is 10.0 Å². The van der Waals surface area contributed by atoms with Crippen LogP contribution >= 0.6 is 0 Å². The van der Waals surface area contributed by atoms with E-state index in [1.54, 1.807) is 4.31 Å². The third-order valence-electron chi connectivity index (χ3n) is 4.68. The Morgan fingerprint density at radius 3 is 2.67 bits per heavy atom. The third-order valence-corrected chi connectivity index (χ3v) is 6.54. The van der Waals surface area contributed by atoms with Gasteiger partial charge in [0.15, 0.2) is 0 Å². The van der Waals surface area contributed by atoms with Crippen LogP contribution in [-0.2, 0) is 15.8 Å². The topological polar surface area (TPSA) is 49.4 Å². The van der Waals surface area contributed by atoms with Gasteiger partial charge in [0.1, 0.15) is 0 Å². The molecule has 2 saturated heterocycles. The van der Waals surface area contributed by atoms with Crippen molar-refractivity contribution in [1.82, 2.24) is 9.62 Å². The molecule has 0 aliphatic carbocycles. The van der Waals surface area contributed by atoms with Gasteiger partial charge in [-0.1, -0.05) is 30.3 Å². The number of benzene rings is 1. The van der Waals surface area contributed by atoms with Gasteiger partial charge in [0.2, 0.25) is 10.0 Å². The van der Waals surface area contributed by atoms with Crippen molar-refractivity contribution in [3.8, 4) is 0 Å². The fraction of sp³-hybridized carbons (Fsp3) is 0.625. The summed E-state index contributed by atoms with van der Waals surface area (Å²) >= 11 is 0. The van der Waals surface area contributed by atoms with Gasteiger partial charge in [0, 0.05) is 12.6 Å². The van der Waals surface area contributed by atoms with Crippen molar-refractivity contribution >= 4 is 10.0 Å². The Balaban J connectivity index is 1.74. The second kappa shape index (κ2) is 6.46. The van der Waals surface area contributed by atoms with E-state index in [4.69, 9.17) is 0 Å². The van der Waals surface area contributed by atoms with E-state index in [0.29, 0.717) is 12.5 Å². The lowest BCUT2D eigenvalue weighted by molar-refractivity contribution is 0.239. The molecule has 0 radical (unpaired) electrons. The van der Waals surface area contributed by atoms with Gasteiger partial charge in [-0.25, -0.2) is 8.42 Å². The van der Waals surface area contributed by atoms with Crippen LogP contribution in [0.15, 0.2) is 30.3 Å². The third kappa shape index (κ3) is 3.47. The fourth-order valence-corrected chi connectivity index (χ4v) is 5.53. The SMILES string of the molecule is O=S(=O)(Cc1ccccc1)N1CCCC1C1CCCNC1. The van der Waals surface area contributed by atoms with E-state index in [0.717, 1.165) is 44.3 Å². The second-order valence-electron chi connectivity index (χ2n) is 6.17. The van der Waals surface area contributed by atoms with E-state index in [9.17, 15) is 8.42 Å². The average molecular weight is 308 g/mol. The van der Waals surface area contributed by atoms with Crippen molar-refractivity contribution in [2.24, 2.45) is 5.92 Å². The Kier molecular flexibility index (Phi) is 4.62. The molecule has 116 valence electrons. The van der Waals surface area contributed by atoms with Crippen LogP contribution in [0.4, 0.5) is 0 Å². The minimum absolute atomic E-state index is 0.129. The number of nitrogens with one attached hydrogen (secondary N) is 1. The minimum atomic E-state index is -3.21. The number of nitrogens with zero attached hydrogens (tertiary/aromatic N) is 1. The van der Waals surface area contributed by atoms with Crippen molar-refractivity contribution in [3.63, 3.8) is 0 Å². The number of rotatable bonds is 4. The molecular weight excluding hydrogens is 284 g/mol. The molecule has 1 aromatic carbocycles. The lowest BCUT2D eigenvalue weighted by Gasteiger charge is -2.33. The maximum atomic E-state index is 12.8. The van der Waals surface area contributed by atoms with Gasteiger partial charge in [0.25, 0.3) is 0 Å². The Hall–Kier alpha value is -0.910. The van der Waals surface area contributed by atoms with Gasteiger partial charge in [-0.05, 0) is 50.3 Å². The quantitative estimate of drug-likeness (QED) is 0.925. The molecule has 2 unspecified atom stereocenters. The van der Waals surface area contributed by atoms with Gasteiger partial charge in [-0.2, -0.15) is 4.31 Å². The minimum Gasteiger partial charge on any atom is -0.316 e. The van der Waals surface area contributed by atoms with Gasteiger partial charge >= 0.3 is 0 Å². The van der Waals surface area contributed by atoms with Gasteiger partial charge in [0.05, 0.1) is 5.75 Å². The summed E-state index contributed by atoms with van der Waals surface area (Å²) in [6.07, 6.45) is 4.32. The smallest absolute Gasteiger partial charge is 0.218 e. The summed E-state index contributed by atoms with van der Waals surface area (Å²) < 4.78 is 27.3. The molecule has 4 nitrogen and oxygen atoms in total. The van der Waals surface area contributed by atoms with Gasteiger partial charge in [-0.3, -0.25) is 0 Å². The first-order valence-corrected chi connectivity index (χ1v) is 9.52. The molecular formula is C16H24N2O2S. The van der Waals surface area contributed by atoms with Crippen LogP contribution in [0.25, 0.3) is 0 Å². The highest BCUT2D eigenvalue weighted by Gasteiger charge is 2.38. The maximum Gasteiger partial charge on any atom is 0.218 e. The Bertz CT molecular complexity index is 553. The average Bonchev–Trinajstić information content (AvgIpc) is 2.99. The Labute approximate surface area is 127 Å². The predicted molar refractivity (Wildman–Crippen MR) is 84.4 cm³/mol. The van der Waals surface area contributed by atoms with Crippen molar-refractivity contribution in [2.75, 3.05) is 19.6 Å². The van der Waals surface area contributed by atoms with Gasteiger partial charge in [-0.15, -0.1) is 0 Å². The predicted octanol–water partition coefficient (Wildman–Crippen LogP) is 1.98. The molecule has 21 heavy (non-hydrogen) atoms. The summed E-state index contributed by atoms with van der Waals surface area (Å²) in [5.74, 6) is 0.608. The Morgan fingerprint density at radius 2 is 1.95 bits per heavy atom. The molecule has 0 bridgehead atoms. The summed E-state index contributed by atoms with van der Waals surface area (Å²) in [6, 6.07) is 9.71. The van der Waals surface area contributed by atoms with Crippen LogP contribution in [0.3, 0.4) is 0 Å². The summed E-state index contributed by atoms with van der Waals surface area (Å²) in [4.78, 5) is 0. The van der Waals surface area contributed by atoms with Crippen molar-refractivity contribution < 1.29 is 8.42 Å². The van der Waals surface area contributed by atoms with E-state index >= 15 is 0 Å². The van der Waals surface area contributed by atoms with Crippen LogP contribution in [0.1, 0.15) is 31.2 Å². The standard InChI is InChI=1S/C16H24N2O2S/c19-21(20,13-14-6-2-1-3-7-14)18-11-5-9-16(18)15-8-4-10-17-12-15/h1-3,6-7,15-17H,4-5,8-13H2. The van der Waals surface area contributed by atoms with Crippen LogP contribution in [-0.4, -0.2) is 38.4 Å². The normalized spacial score (nSPS) is 27.8. The molecule has 0 spiro atoms. The number of sulfonamides is 1. The zero-order valence-electron chi connectivity index (χ0n) is 12.4. The largest absolute Gasteiger partial charge is 0.316 e. The van der Waals surface area contributed by atoms with Crippen molar-refractivity contribution in [1.29, 1.82) is 0 Å². The van der Waals surface area contributed by atoms with E-state index in [1.165, 1.54) is 0 Å². The van der Waals surface area contributed by atoms with E-state index in [2.05, 4.69) is 5.32 Å². The Morgan fingerprint density at radius 1 is 1.14 bits per heavy atom. The number of hydrogen-bond acceptors (Lipinski definition) is 3. The van der Waals surface area contributed by atoms with Gasteiger partial charge < -0.3 is 5.32 Å². The molecule has 0 amide bonds. The first kappa shape index (κ1) is 15.0. The van der Waals surface area contributed by atoms with Crippen molar-refractivity contribution in [3.05, 3.63) is 35.9 Å². The summed E-state index contributed by atoms with van der Waals surface area (Å²) in [7, 11) is -3.21. The molecule has 0 saturated carbocycles. The molecule has 1 aromatic rings. The molecule has 2 fully saturated rings. The molecule has 2 aliphatic heterocycles. The number of piperidine rings is 1. The highest BCUT2D eigenvalue weighted by molar-refractivity contribution is 7.88. The molecule has 2 heterocycles. The number of hydrogen-bond donors (Lipinski definition) is 1. The van der Waals surface area contributed by atoms with Crippen LogP contribution in [0.2, 0.25) is 0 Å². The van der Waals surface area contributed by atoms with Crippen LogP contribution < -0.4 is 5.32 Å². The maximum absolute atomic E-state index is 12.8. The molecule has 2 aliphatic rings. The second-order valence-corrected chi connectivity index (χ2v) is 8.09.